The van der Waals surface area contributed by atoms with Crippen LogP contribution in [0.5, 0.6) is 0 Å². The lowest BCUT2D eigenvalue weighted by Crippen LogP contribution is -2.33. The van der Waals surface area contributed by atoms with Crippen LogP contribution in [0.25, 0.3) is 11.2 Å². The zero-order valence-electron chi connectivity index (χ0n) is 9.79. The molecule has 2 aromatic rings. The molecule has 1 aliphatic heterocycles. The molecule has 1 fully saturated rings. The normalized spacial score (nSPS) is 31.1. The molecule has 9 heteroatoms. The van der Waals surface area contributed by atoms with Crippen molar-refractivity contribution >= 4 is 17.0 Å². The maximum absolute atomic E-state index is 9.95. The van der Waals surface area contributed by atoms with Gasteiger partial charge in [-0.3, -0.25) is 4.57 Å². The topological polar surface area (TPSA) is 140 Å². The lowest BCUT2D eigenvalue weighted by atomic mass is 10.3. The first-order valence-corrected chi connectivity index (χ1v) is 5.69. The van der Waals surface area contributed by atoms with Gasteiger partial charge < -0.3 is 25.8 Å². The van der Waals surface area contributed by atoms with E-state index in [-0.39, 0.29) is 5.82 Å². The van der Waals surface area contributed by atoms with Crippen LogP contribution < -0.4 is 5.73 Å². The van der Waals surface area contributed by atoms with Crippen molar-refractivity contribution in [3.8, 4) is 0 Å². The zero-order chi connectivity index (χ0) is 13.6. The highest BCUT2D eigenvalue weighted by atomic mass is 16.6. The van der Waals surface area contributed by atoms with Gasteiger partial charge in [0.05, 0.1) is 12.9 Å². The summed E-state index contributed by atoms with van der Waals surface area (Å²) >= 11 is 0. The fourth-order valence-corrected chi connectivity index (χ4v) is 2.17. The summed E-state index contributed by atoms with van der Waals surface area (Å²) in [5.41, 5.74) is 6.44. The van der Waals surface area contributed by atoms with Crippen molar-refractivity contribution in [3.05, 3.63) is 12.7 Å². The molecule has 4 atom stereocenters. The Bertz CT molecular complexity index is 603. The van der Waals surface area contributed by atoms with Crippen LogP contribution >= 0.6 is 0 Å². The van der Waals surface area contributed by atoms with E-state index in [1.165, 1.54) is 17.2 Å². The van der Waals surface area contributed by atoms with Gasteiger partial charge >= 0.3 is 0 Å². The Labute approximate surface area is 107 Å². The fraction of sp³-hybridized carbons (Fsp3) is 0.500. The van der Waals surface area contributed by atoms with Gasteiger partial charge in [-0.15, -0.1) is 0 Å². The minimum Gasteiger partial charge on any atom is -0.394 e. The highest BCUT2D eigenvalue weighted by Gasteiger charge is 2.43. The number of aliphatic hydroxyl groups excluding tert-OH is 3. The van der Waals surface area contributed by atoms with Crippen LogP contribution in [0.15, 0.2) is 12.7 Å². The molecule has 0 aromatic carbocycles. The summed E-state index contributed by atoms with van der Waals surface area (Å²) in [4.78, 5) is 11.9. The number of rotatable bonds is 2. The quantitative estimate of drug-likeness (QED) is 0.459. The first-order valence-electron chi connectivity index (χ1n) is 5.69. The number of nitrogen functional groups attached to an aromatic ring is 1. The number of aromatic nitrogens is 4. The predicted molar refractivity (Wildman–Crippen MR) is 62.7 cm³/mol. The molecule has 102 valence electrons. The maximum atomic E-state index is 9.95. The lowest BCUT2D eigenvalue weighted by Gasteiger charge is -2.16. The third-order valence-electron chi connectivity index (χ3n) is 3.18. The first kappa shape index (κ1) is 12.2. The van der Waals surface area contributed by atoms with Gasteiger partial charge in [0.2, 0.25) is 0 Å². The Balaban J connectivity index is 2.04. The van der Waals surface area contributed by atoms with Crippen molar-refractivity contribution in [2.45, 2.75) is 24.5 Å². The van der Waals surface area contributed by atoms with Crippen molar-refractivity contribution in [2.75, 3.05) is 12.3 Å². The summed E-state index contributed by atoms with van der Waals surface area (Å²) < 4.78 is 6.85. The summed E-state index contributed by atoms with van der Waals surface area (Å²) in [6, 6.07) is 0. The van der Waals surface area contributed by atoms with Gasteiger partial charge in [0.1, 0.15) is 30.2 Å². The van der Waals surface area contributed by atoms with E-state index in [0.717, 1.165) is 0 Å². The van der Waals surface area contributed by atoms with Crippen LogP contribution in [-0.2, 0) is 4.74 Å². The zero-order valence-corrected chi connectivity index (χ0v) is 9.79. The number of imidazole rings is 1. The standard InChI is InChI=1S/C10H13N5O4/c11-8-5-9(13-2-12-8)15(3-14-5)10-7(18)6(17)4(1-16)19-10/h2-4,6-7,10,16-18H,1H2,(H2,11,12,13)/t4-,6-,7-,10-/m1/s1/i7+1. The highest BCUT2D eigenvalue weighted by Crippen LogP contribution is 2.31. The van der Waals surface area contributed by atoms with Gasteiger partial charge in [-0.05, 0) is 0 Å². The second-order valence-electron chi connectivity index (χ2n) is 4.31. The summed E-state index contributed by atoms with van der Waals surface area (Å²) in [5, 5.41) is 28.7. The molecule has 5 N–H and O–H groups in total. The Hall–Kier alpha value is -1.81. The Kier molecular flexibility index (Phi) is 2.82. The molecule has 0 bridgehead atoms. The maximum Gasteiger partial charge on any atom is 0.167 e. The molecule has 0 unspecified atom stereocenters. The lowest BCUT2D eigenvalue weighted by molar-refractivity contribution is -0.0511. The van der Waals surface area contributed by atoms with Gasteiger partial charge in [-0.25, -0.2) is 15.0 Å². The van der Waals surface area contributed by atoms with Gasteiger partial charge in [0.25, 0.3) is 0 Å². The molecule has 0 radical (unpaired) electrons. The minimum absolute atomic E-state index is 0.218. The second-order valence-corrected chi connectivity index (χ2v) is 4.31. The van der Waals surface area contributed by atoms with E-state index in [9.17, 15) is 10.2 Å². The molecule has 9 nitrogen and oxygen atoms in total. The van der Waals surface area contributed by atoms with Crippen LogP contribution in [0.4, 0.5) is 5.82 Å². The molecule has 3 heterocycles. The summed E-state index contributed by atoms with van der Waals surface area (Å²) in [6.45, 7) is -0.390. The molecule has 3 rings (SSSR count). The van der Waals surface area contributed by atoms with Crippen molar-refractivity contribution < 1.29 is 20.1 Å². The van der Waals surface area contributed by atoms with Crippen LogP contribution in [0, 0.1) is 0 Å². The summed E-state index contributed by atoms with van der Waals surface area (Å²) in [7, 11) is 0. The molecule has 19 heavy (non-hydrogen) atoms. The number of anilines is 1. The van der Waals surface area contributed by atoms with Crippen molar-refractivity contribution in [1.82, 2.24) is 19.5 Å². The number of aliphatic hydroxyl groups is 3. The summed E-state index contributed by atoms with van der Waals surface area (Å²) in [5.74, 6) is 0.218. The van der Waals surface area contributed by atoms with E-state index in [1.807, 2.05) is 0 Å². The minimum atomic E-state index is -1.19. The van der Waals surface area contributed by atoms with Gasteiger partial charge in [0.15, 0.2) is 17.7 Å². The third-order valence-corrected chi connectivity index (χ3v) is 3.18. The smallest absolute Gasteiger partial charge is 0.167 e. The number of fused-ring (bicyclic) bond motifs is 1. The molecule has 0 spiro atoms. The van der Waals surface area contributed by atoms with Crippen LogP contribution in [0.2, 0.25) is 0 Å². The van der Waals surface area contributed by atoms with Crippen molar-refractivity contribution in [2.24, 2.45) is 0 Å². The number of nitrogens with two attached hydrogens (primary N) is 1. The van der Waals surface area contributed by atoms with E-state index in [1.54, 1.807) is 0 Å². The molecule has 0 saturated carbocycles. The van der Waals surface area contributed by atoms with E-state index < -0.39 is 31.1 Å². The monoisotopic (exact) mass is 268 g/mol. The predicted octanol–water partition coefficient (Wildman–Crippen LogP) is -1.98. The van der Waals surface area contributed by atoms with E-state index >= 15 is 0 Å². The van der Waals surface area contributed by atoms with Crippen molar-refractivity contribution in [1.29, 1.82) is 0 Å². The molecule has 0 amide bonds. The third kappa shape index (κ3) is 1.75. The van der Waals surface area contributed by atoms with Gasteiger partial charge in [-0.1, -0.05) is 0 Å². The fourth-order valence-electron chi connectivity index (χ4n) is 2.17. The molecule has 1 aliphatic rings. The Morgan fingerprint density at radius 3 is 2.74 bits per heavy atom. The van der Waals surface area contributed by atoms with Crippen molar-refractivity contribution in [3.63, 3.8) is 0 Å². The van der Waals surface area contributed by atoms with E-state index in [2.05, 4.69) is 15.0 Å². The van der Waals surface area contributed by atoms with Crippen LogP contribution in [-0.4, -0.2) is 59.8 Å². The average molecular weight is 268 g/mol. The number of nitrogens with zero attached hydrogens (tertiary/aromatic N) is 4. The molecular weight excluding hydrogens is 255 g/mol. The van der Waals surface area contributed by atoms with Gasteiger partial charge in [-0.2, -0.15) is 0 Å². The summed E-state index contributed by atoms with van der Waals surface area (Å²) in [6.07, 6.45) is -1.42. The first-order chi connectivity index (χ1) is 9.13. The number of ether oxygens (including phenoxy) is 1. The SMILES string of the molecule is Nc1ncnc2c1ncn2[C@@H]1O[C@H](CO)[C@@H](O)[13C@H]1O. The van der Waals surface area contributed by atoms with E-state index in [0.29, 0.717) is 11.2 Å². The average Bonchev–Trinajstić information content (AvgIpc) is 2.94. The van der Waals surface area contributed by atoms with Crippen LogP contribution in [0.3, 0.4) is 0 Å². The van der Waals surface area contributed by atoms with Gasteiger partial charge in [0, 0.05) is 0 Å². The molecule has 1 saturated heterocycles. The molecule has 2 aromatic heterocycles. The highest BCUT2D eigenvalue weighted by molar-refractivity contribution is 5.81. The second kappa shape index (κ2) is 4.38. The number of hydrogen-bond acceptors (Lipinski definition) is 8. The Morgan fingerprint density at radius 2 is 2.05 bits per heavy atom. The number of hydrogen-bond donors (Lipinski definition) is 4. The largest absolute Gasteiger partial charge is 0.394 e. The van der Waals surface area contributed by atoms with E-state index in [4.69, 9.17) is 15.6 Å². The van der Waals surface area contributed by atoms with Crippen LogP contribution in [0.1, 0.15) is 6.23 Å². The molecule has 0 aliphatic carbocycles. The Morgan fingerprint density at radius 1 is 1.26 bits per heavy atom. The molecular formula is C10H13N5O4.